The number of anilines is 1. The maximum Gasteiger partial charge on any atom is 0.411 e. The highest BCUT2D eigenvalue weighted by Gasteiger charge is 2.61. The van der Waals surface area contributed by atoms with Gasteiger partial charge in [-0.05, 0) is 64.1 Å². The third-order valence-electron chi connectivity index (χ3n) is 8.27. The van der Waals surface area contributed by atoms with Crippen LogP contribution >= 0.6 is 34.8 Å². The summed E-state index contributed by atoms with van der Waals surface area (Å²) in [5, 5.41) is 19.0. The summed E-state index contributed by atoms with van der Waals surface area (Å²) >= 11 is 17.2. The largest absolute Gasteiger partial charge is 0.459 e. The second kappa shape index (κ2) is 16.3. The second-order valence-corrected chi connectivity index (χ2v) is 15.0. The topological polar surface area (TPSA) is 179 Å². The van der Waals surface area contributed by atoms with E-state index in [1.165, 1.54) is 6.92 Å². The van der Waals surface area contributed by atoms with E-state index in [2.05, 4.69) is 15.5 Å². The molecule has 0 unspecified atom stereocenters. The summed E-state index contributed by atoms with van der Waals surface area (Å²) in [5.74, 6) is -2.34. The number of rotatable bonds is 10. The summed E-state index contributed by atoms with van der Waals surface area (Å²) in [6, 6.07) is 21.6. The molecule has 3 aromatic carbocycles. The lowest BCUT2D eigenvalue weighted by molar-refractivity contribution is -0.0895. The molecule has 2 N–H and O–H groups in total. The van der Waals surface area contributed by atoms with E-state index in [-0.39, 0.29) is 33.8 Å². The second-order valence-electron chi connectivity index (χ2n) is 12.4. The predicted octanol–water partition coefficient (Wildman–Crippen LogP) is 7.26. The standard InChI is InChI=1S/C37H33Cl3N4O9/c1-20-5-11-23(12-6-20)32(45)49-18-27-30(52-33(46)24-13-7-21(2)8-14-24)36(4,53-34(47)25-15-9-22(3)10-16-25)31(51-27)29-28(26(17-41)43-44-29)42-35(48)50-19-37(38,39)40/h5-16,27,30-31H,18-19H2,1-4H3,(H,42,48)(H,43,44)/t27-,30-,31+,36-/m1/s1. The molecule has 1 amide bonds. The smallest absolute Gasteiger partial charge is 0.411 e. The molecule has 1 saturated heterocycles. The summed E-state index contributed by atoms with van der Waals surface area (Å²) < 4.78 is 27.4. The Hall–Kier alpha value is -5.13. The molecular weight excluding hydrogens is 751 g/mol. The molecular formula is C37H33Cl3N4O9. The van der Waals surface area contributed by atoms with Crippen LogP contribution in [-0.2, 0) is 23.7 Å². The van der Waals surface area contributed by atoms with Gasteiger partial charge in [0.05, 0.1) is 16.7 Å². The average Bonchev–Trinajstić information content (AvgIpc) is 3.63. The highest BCUT2D eigenvalue weighted by atomic mass is 35.6. The number of aryl methyl sites for hydroxylation is 3. The molecule has 53 heavy (non-hydrogen) atoms. The van der Waals surface area contributed by atoms with Crippen LogP contribution in [-0.4, -0.2) is 69.0 Å². The average molecular weight is 784 g/mol. The summed E-state index contributed by atoms with van der Waals surface area (Å²) in [5.41, 5.74) is 0.685. The Bertz CT molecular complexity index is 2020. The van der Waals surface area contributed by atoms with Gasteiger partial charge < -0.3 is 23.7 Å². The van der Waals surface area contributed by atoms with Gasteiger partial charge in [-0.15, -0.1) is 0 Å². The van der Waals surface area contributed by atoms with E-state index >= 15 is 0 Å². The van der Waals surface area contributed by atoms with E-state index < -0.39 is 64.9 Å². The fourth-order valence-electron chi connectivity index (χ4n) is 5.46. The molecule has 0 radical (unpaired) electrons. The van der Waals surface area contributed by atoms with Crippen LogP contribution in [0, 0.1) is 32.1 Å². The highest BCUT2D eigenvalue weighted by molar-refractivity contribution is 6.67. The maximum atomic E-state index is 13.8. The maximum absolute atomic E-state index is 13.8. The molecule has 0 bridgehead atoms. The molecule has 4 atom stereocenters. The van der Waals surface area contributed by atoms with Gasteiger partial charge in [-0.1, -0.05) is 87.9 Å². The minimum atomic E-state index is -1.96. The normalized spacial score (nSPS) is 19.5. The van der Waals surface area contributed by atoms with Crippen LogP contribution in [0.4, 0.5) is 10.5 Å². The molecule has 1 aliphatic rings. The molecule has 0 aliphatic carbocycles. The van der Waals surface area contributed by atoms with Crippen molar-refractivity contribution in [2.45, 2.75) is 55.4 Å². The van der Waals surface area contributed by atoms with Crippen molar-refractivity contribution in [1.82, 2.24) is 10.2 Å². The molecule has 16 heteroatoms. The number of nitriles is 1. The van der Waals surface area contributed by atoms with Gasteiger partial charge in [0, 0.05) is 0 Å². The predicted molar refractivity (Wildman–Crippen MR) is 193 cm³/mol. The zero-order valence-corrected chi connectivity index (χ0v) is 31.0. The highest BCUT2D eigenvalue weighted by Crippen LogP contribution is 2.48. The van der Waals surface area contributed by atoms with Crippen LogP contribution in [0.25, 0.3) is 0 Å². The number of nitrogens with zero attached hydrogens (tertiary/aromatic N) is 2. The molecule has 2 heterocycles. The number of carbonyl (C=O) groups excluding carboxylic acids is 4. The molecule has 276 valence electrons. The lowest BCUT2D eigenvalue weighted by Gasteiger charge is -2.34. The Labute approximate surface area is 319 Å². The number of halogens is 3. The van der Waals surface area contributed by atoms with Crippen molar-refractivity contribution in [3.8, 4) is 6.07 Å². The van der Waals surface area contributed by atoms with Crippen molar-refractivity contribution in [2.24, 2.45) is 0 Å². The molecule has 0 spiro atoms. The molecule has 1 aliphatic heterocycles. The SMILES string of the molecule is Cc1ccc(C(=O)OC[C@H]2O[C@@H](c3n[nH]c(C#N)c3NC(=O)OCC(Cl)(Cl)Cl)[C@](C)(OC(=O)c3ccc(C)cc3)[C@@H]2OC(=O)c2ccc(C)cc2)cc1. The Morgan fingerprint density at radius 3 is 1.87 bits per heavy atom. The molecule has 13 nitrogen and oxygen atoms in total. The van der Waals surface area contributed by atoms with E-state index in [1.807, 2.05) is 26.8 Å². The number of ether oxygens (including phenoxy) is 5. The fourth-order valence-corrected chi connectivity index (χ4v) is 5.62. The van der Waals surface area contributed by atoms with Crippen LogP contribution in [0.2, 0.25) is 0 Å². The van der Waals surface area contributed by atoms with Gasteiger partial charge in [0.25, 0.3) is 0 Å². The molecule has 0 saturated carbocycles. The zero-order chi connectivity index (χ0) is 38.5. The molecule has 1 fully saturated rings. The fraction of sp³-hybridized carbons (Fsp3) is 0.297. The number of amides is 1. The number of alkyl halides is 3. The number of nitrogens with one attached hydrogen (secondary N) is 2. The van der Waals surface area contributed by atoms with Gasteiger partial charge in [0.15, 0.2) is 17.4 Å². The van der Waals surface area contributed by atoms with Crippen molar-refractivity contribution >= 4 is 64.5 Å². The van der Waals surface area contributed by atoms with Crippen LogP contribution in [0.15, 0.2) is 72.8 Å². The van der Waals surface area contributed by atoms with Crippen LogP contribution in [0.1, 0.15) is 72.2 Å². The van der Waals surface area contributed by atoms with E-state index in [4.69, 9.17) is 58.5 Å². The molecule has 5 rings (SSSR count). The summed E-state index contributed by atoms with van der Waals surface area (Å²) in [6.07, 6.45) is -5.35. The van der Waals surface area contributed by atoms with Gasteiger partial charge in [-0.3, -0.25) is 10.4 Å². The van der Waals surface area contributed by atoms with Crippen LogP contribution in [0.5, 0.6) is 0 Å². The van der Waals surface area contributed by atoms with Crippen molar-refractivity contribution in [1.29, 1.82) is 5.26 Å². The monoisotopic (exact) mass is 782 g/mol. The van der Waals surface area contributed by atoms with E-state index in [1.54, 1.807) is 72.8 Å². The number of aromatic amines is 1. The number of hydrogen-bond donors (Lipinski definition) is 2. The Kier molecular flexibility index (Phi) is 12.0. The number of H-pyrrole nitrogens is 1. The van der Waals surface area contributed by atoms with Gasteiger partial charge >= 0.3 is 24.0 Å². The van der Waals surface area contributed by atoms with Crippen molar-refractivity contribution in [3.63, 3.8) is 0 Å². The number of esters is 3. The summed E-state index contributed by atoms with van der Waals surface area (Å²) in [4.78, 5) is 53.5. The first-order valence-corrected chi connectivity index (χ1v) is 17.2. The first kappa shape index (κ1) is 39.1. The minimum absolute atomic E-state index is 0.154. The first-order chi connectivity index (χ1) is 25.1. The third kappa shape index (κ3) is 9.46. The Balaban J connectivity index is 1.57. The summed E-state index contributed by atoms with van der Waals surface area (Å²) in [6.45, 7) is 5.86. The first-order valence-electron chi connectivity index (χ1n) is 16.0. The minimum Gasteiger partial charge on any atom is -0.459 e. The lowest BCUT2D eigenvalue weighted by atomic mass is 9.89. The van der Waals surface area contributed by atoms with Gasteiger partial charge in [0.2, 0.25) is 3.79 Å². The number of benzene rings is 3. The van der Waals surface area contributed by atoms with Gasteiger partial charge in [-0.2, -0.15) is 10.4 Å². The quantitative estimate of drug-likeness (QED) is 0.0939. The number of hydrogen-bond acceptors (Lipinski definition) is 11. The lowest BCUT2D eigenvalue weighted by Crippen LogP contribution is -2.49. The van der Waals surface area contributed by atoms with Crippen molar-refractivity contribution < 1.29 is 42.9 Å². The van der Waals surface area contributed by atoms with E-state index in [0.29, 0.717) is 0 Å². The number of aromatic nitrogens is 2. The third-order valence-corrected chi connectivity index (χ3v) is 8.60. The van der Waals surface area contributed by atoms with E-state index in [9.17, 15) is 24.4 Å². The van der Waals surface area contributed by atoms with Gasteiger partial charge in [0.1, 0.15) is 42.9 Å². The number of carbonyl (C=O) groups is 4. The Morgan fingerprint density at radius 1 is 0.849 bits per heavy atom. The van der Waals surface area contributed by atoms with Crippen molar-refractivity contribution in [3.05, 3.63) is 118 Å². The van der Waals surface area contributed by atoms with Crippen LogP contribution < -0.4 is 5.32 Å². The molecule has 1 aromatic heterocycles. The van der Waals surface area contributed by atoms with Crippen molar-refractivity contribution in [2.75, 3.05) is 18.5 Å². The van der Waals surface area contributed by atoms with Crippen LogP contribution in [0.3, 0.4) is 0 Å². The zero-order valence-electron chi connectivity index (χ0n) is 28.8. The van der Waals surface area contributed by atoms with E-state index in [0.717, 1.165) is 16.7 Å². The van der Waals surface area contributed by atoms with Gasteiger partial charge in [-0.25, -0.2) is 19.2 Å². The Morgan fingerprint density at radius 2 is 1.36 bits per heavy atom. The molecule has 4 aromatic rings. The summed E-state index contributed by atoms with van der Waals surface area (Å²) in [7, 11) is 0.